The maximum Gasteiger partial charge on any atom is 0.494 e. The Balaban J connectivity index is 1.23. The van der Waals surface area contributed by atoms with E-state index in [0.717, 1.165) is 66.0 Å². The molecule has 4 heterocycles. The van der Waals surface area contributed by atoms with Crippen molar-refractivity contribution in [1.82, 2.24) is 15.0 Å². The number of hydrogen-bond acceptors (Lipinski definition) is 7. The molecule has 5 aromatic carbocycles. The van der Waals surface area contributed by atoms with E-state index in [9.17, 15) is 0 Å². The SMILES string of the molecule is Bc1c(B)c(B)c(-c2nc(-c3ccc4c(c3)oc3ccc(B5OC(C)(C)C(C)(C)O5)cc34)nc(-c3cccc4oc5ccccc5c34)n2)c(B)c1B. The van der Waals surface area contributed by atoms with E-state index in [0.29, 0.717) is 17.5 Å². The van der Waals surface area contributed by atoms with Crippen LogP contribution in [0.25, 0.3) is 78.0 Å². The molecule has 13 heteroatoms. The lowest BCUT2D eigenvalue weighted by molar-refractivity contribution is 0.00578. The van der Waals surface area contributed by atoms with Gasteiger partial charge in [-0.1, -0.05) is 59.5 Å². The first-order valence-electron chi connectivity index (χ1n) is 17.9. The molecule has 9 rings (SSSR count). The van der Waals surface area contributed by atoms with Gasteiger partial charge in [0.15, 0.2) is 17.5 Å². The van der Waals surface area contributed by atoms with Crippen molar-refractivity contribution in [2.24, 2.45) is 0 Å². The third-order valence-corrected chi connectivity index (χ3v) is 11.8. The van der Waals surface area contributed by atoms with Gasteiger partial charge in [0.2, 0.25) is 0 Å². The largest absolute Gasteiger partial charge is 0.494 e. The van der Waals surface area contributed by atoms with E-state index < -0.39 is 18.3 Å². The minimum Gasteiger partial charge on any atom is -0.456 e. The molecule has 0 unspecified atom stereocenters. The topological polar surface area (TPSA) is 83.4 Å². The molecule has 52 heavy (non-hydrogen) atoms. The second-order valence-electron chi connectivity index (χ2n) is 15.2. The first-order chi connectivity index (χ1) is 24.8. The maximum atomic E-state index is 6.46. The van der Waals surface area contributed by atoms with E-state index in [1.54, 1.807) is 0 Å². The molecule has 0 N–H and O–H groups in total. The number of nitrogens with zero attached hydrogens (tertiary/aromatic N) is 3. The molecule has 1 saturated heterocycles. The summed E-state index contributed by atoms with van der Waals surface area (Å²) >= 11 is 0. The molecule has 0 spiro atoms. The van der Waals surface area contributed by atoms with E-state index in [-0.39, 0.29) is 0 Å². The summed E-state index contributed by atoms with van der Waals surface area (Å²) in [6.07, 6.45) is 0. The predicted octanol–water partition coefficient (Wildman–Crippen LogP) is 0.263. The maximum absolute atomic E-state index is 6.46. The quantitative estimate of drug-likeness (QED) is 0.248. The van der Waals surface area contributed by atoms with Gasteiger partial charge in [-0.2, -0.15) is 0 Å². The molecule has 8 aromatic rings. The summed E-state index contributed by atoms with van der Waals surface area (Å²) in [6, 6.07) is 26.5. The Kier molecular flexibility index (Phi) is 7.28. The van der Waals surface area contributed by atoms with E-state index in [4.69, 9.17) is 33.1 Å². The van der Waals surface area contributed by atoms with Gasteiger partial charge in [0.1, 0.15) is 61.6 Å². The van der Waals surface area contributed by atoms with Crippen molar-refractivity contribution in [3.05, 3.63) is 78.9 Å². The molecule has 0 bridgehead atoms. The smallest absolute Gasteiger partial charge is 0.456 e. The van der Waals surface area contributed by atoms with Crippen molar-refractivity contribution < 1.29 is 18.1 Å². The Hall–Kier alpha value is -4.98. The molecule has 7 nitrogen and oxygen atoms in total. The number of rotatable bonds is 4. The molecule has 248 valence electrons. The Bertz CT molecular complexity index is 2750. The van der Waals surface area contributed by atoms with Gasteiger partial charge >= 0.3 is 7.12 Å². The molecular weight excluding hydrogens is 639 g/mol. The van der Waals surface area contributed by atoms with Crippen LogP contribution in [0.15, 0.2) is 87.7 Å². The van der Waals surface area contributed by atoms with E-state index in [1.165, 1.54) is 27.3 Å². The van der Waals surface area contributed by atoms with Crippen LogP contribution in [0, 0.1) is 0 Å². The number of benzene rings is 5. The summed E-state index contributed by atoms with van der Waals surface area (Å²) in [4.78, 5) is 15.6. The van der Waals surface area contributed by atoms with Crippen molar-refractivity contribution in [2.75, 3.05) is 0 Å². The van der Waals surface area contributed by atoms with Gasteiger partial charge in [0.25, 0.3) is 0 Å². The van der Waals surface area contributed by atoms with Crippen LogP contribution in [0.2, 0.25) is 0 Å². The Morgan fingerprint density at radius 3 is 1.88 bits per heavy atom. The van der Waals surface area contributed by atoms with Crippen LogP contribution >= 0.6 is 0 Å². The fourth-order valence-corrected chi connectivity index (χ4v) is 7.59. The van der Waals surface area contributed by atoms with E-state index in [1.807, 2.05) is 48.5 Å². The molecular formula is C39H35B6N3O4. The summed E-state index contributed by atoms with van der Waals surface area (Å²) in [7, 11) is 10.4. The van der Waals surface area contributed by atoms with Gasteiger partial charge in [-0.25, -0.2) is 15.0 Å². The van der Waals surface area contributed by atoms with Crippen LogP contribution in [-0.4, -0.2) is 72.5 Å². The molecule has 0 atom stereocenters. The number of fused-ring (bicyclic) bond motifs is 6. The molecule has 0 saturated carbocycles. The summed E-state index contributed by atoms with van der Waals surface area (Å²) in [5.74, 6) is 1.80. The lowest BCUT2D eigenvalue weighted by Crippen LogP contribution is -2.55. The third-order valence-electron chi connectivity index (χ3n) is 11.8. The highest BCUT2D eigenvalue weighted by atomic mass is 16.7. The van der Waals surface area contributed by atoms with Crippen LogP contribution in [0.4, 0.5) is 0 Å². The normalized spacial score (nSPS) is 15.4. The first-order valence-corrected chi connectivity index (χ1v) is 17.9. The molecule has 3 aromatic heterocycles. The molecule has 0 aliphatic carbocycles. The van der Waals surface area contributed by atoms with Crippen LogP contribution in [-0.2, 0) is 9.31 Å². The van der Waals surface area contributed by atoms with Gasteiger partial charge in [0.05, 0.1) is 11.2 Å². The summed E-state index contributed by atoms with van der Waals surface area (Å²) in [5, 5.41) is 4.00. The van der Waals surface area contributed by atoms with Crippen LogP contribution in [0.3, 0.4) is 0 Å². The van der Waals surface area contributed by atoms with Gasteiger partial charge in [-0.15, -0.1) is 16.4 Å². The third kappa shape index (κ3) is 4.93. The average Bonchev–Trinajstić information content (AvgIpc) is 3.76. The van der Waals surface area contributed by atoms with Crippen molar-refractivity contribution >= 4 is 123 Å². The second-order valence-corrected chi connectivity index (χ2v) is 15.2. The standard InChI is InChI=1S/C39H35B6N3O4/c1-38(2)39(3,4)52-45(51-38)19-13-15-25-23(17-19)20-14-12-18(16-27(20)50-25)35-46-36(22-9-7-11-26-28(22)21-8-5-6-10-24(21)49-26)48-37(47-35)29-30(40)32(42)34(44)33(43)31(29)41/h5-17H,40-44H2,1-4H3. The fourth-order valence-electron chi connectivity index (χ4n) is 7.59. The fraction of sp³-hybridized carbons (Fsp3) is 0.154. The minimum absolute atomic E-state index is 0.425. The highest BCUT2D eigenvalue weighted by molar-refractivity contribution is 6.68. The Morgan fingerprint density at radius 1 is 0.519 bits per heavy atom. The first kappa shape index (κ1) is 32.9. The molecule has 1 fully saturated rings. The number of para-hydroxylation sites is 1. The van der Waals surface area contributed by atoms with Gasteiger partial charge < -0.3 is 18.1 Å². The molecule has 0 radical (unpaired) electrons. The van der Waals surface area contributed by atoms with Gasteiger partial charge in [-0.05, 0) is 63.5 Å². The molecule has 1 aliphatic rings. The van der Waals surface area contributed by atoms with Crippen LogP contribution in [0.1, 0.15) is 27.7 Å². The molecule has 1 aliphatic heterocycles. The van der Waals surface area contributed by atoms with Crippen LogP contribution < -0.4 is 32.8 Å². The molecule has 0 amide bonds. The number of furan rings is 2. The summed E-state index contributed by atoms with van der Waals surface area (Å²) < 4.78 is 25.4. The zero-order valence-electron chi connectivity index (χ0n) is 31.1. The zero-order chi connectivity index (χ0) is 36.3. The summed E-state index contributed by atoms with van der Waals surface area (Å²) in [6.45, 7) is 8.28. The van der Waals surface area contributed by atoms with Crippen molar-refractivity contribution in [2.45, 2.75) is 38.9 Å². The number of aromatic nitrogens is 3. The second kappa shape index (κ2) is 11.5. The minimum atomic E-state index is -0.460. The lowest BCUT2D eigenvalue weighted by Gasteiger charge is -2.32. The highest BCUT2D eigenvalue weighted by Crippen LogP contribution is 2.39. The van der Waals surface area contributed by atoms with Crippen molar-refractivity contribution in [3.63, 3.8) is 0 Å². The van der Waals surface area contributed by atoms with Gasteiger partial charge in [-0.3, -0.25) is 0 Å². The van der Waals surface area contributed by atoms with E-state index in [2.05, 4.69) is 97.3 Å². The number of hydrogen-bond donors (Lipinski definition) is 0. The highest BCUT2D eigenvalue weighted by Gasteiger charge is 2.51. The van der Waals surface area contributed by atoms with Crippen molar-refractivity contribution in [1.29, 1.82) is 0 Å². The lowest BCUT2D eigenvalue weighted by atomic mass is 9.60. The average molecular weight is 675 g/mol. The van der Waals surface area contributed by atoms with Crippen molar-refractivity contribution in [3.8, 4) is 34.2 Å². The zero-order valence-corrected chi connectivity index (χ0v) is 31.1. The summed E-state index contributed by atoms with van der Waals surface area (Å²) in [5.41, 5.74) is 12.1. The Labute approximate surface area is 307 Å². The predicted molar refractivity (Wildman–Crippen MR) is 227 cm³/mol. The van der Waals surface area contributed by atoms with Crippen LogP contribution in [0.5, 0.6) is 0 Å². The Morgan fingerprint density at radius 2 is 1.13 bits per heavy atom. The monoisotopic (exact) mass is 675 g/mol. The van der Waals surface area contributed by atoms with E-state index >= 15 is 0 Å². The van der Waals surface area contributed by atoms with Gasteiger partial charge in [0, 0.05) is 38.2 Å².